The van der Waals surface area contributed by atoms with Crippen LogP contribution in [0.4, 0.5) is 0 Å². The first-order chi connectivity index (χ1) is 6.74. The zero-order valence-corrected chi connectivity index (χ0v) is 12.0. The third-order valence-corrected chi connectivity index (χ3v) is 7.86. The summed E-state index contributed by atoms with van der Waals surface area (Å²) in [5.74, 6) is 0.384. The molecular formula is C13H26OSi. The number of allylic oxidation sites excluding steroid dienone is 2. The predicted octanol–water partition coefficient (Wildman–Crippen LogP) is 4.39. The molecule has 1 nitrogen and oxygen atoms in total. The molecule has 0 atom stereocenters. The quantitative estimate of drug-likeness (QED) is 0.482. The fourth-order valence-electron chi connectivity index (χ4n) is 0.999. The number of hydrogen-bond donors (Lipinski definition) is 0. The Morgan fingerprint density at radius 1 is 1.20 bits per heavy atom. The van der Waals surface area contributed by atoms with E-state index in [4.69, 9.17) is 4.43 Å². The largest absolute Gasteiger partial charge is 0.417 e. The standard InChI is InChI=1S/C13H26OSi/c1-8-12(9-2)10-11-14-15(6,7)13(3,4)5/h8-9,12H,1-2,10-11H2,3-7H3. The molecule has 0 bridgehead atoms. The average molecular weight is 226 g/mol. The highest BCUT2D eigenvalue weighted by Crippen LogP contribution is 2.36. The molecule has 0 spiro atoms. The molecule has 0 heterocycles. The average Bonchev–Trinajstić information content (AvgIpc) is 2.10. The molecule has 0 N–H and O–H groups in total. The first kappa shape index (κ1) is 14.7. The van der Waals surface area contributed by atoms with Crippen LogP contribution in [0, 0.1) is 5.92 Å². The maximum Gasteiger partial charge on any atom is 0.191 e. The molecule has 0 aromatic rings. The number of rotatable bonds is 6. The summed E-state index contributed by atoms with van der Waals surface area (Å²) in [7, 11) is -1.57. The molecule has 0 rings (SSSR count). The van der Waals surface area contributed by atoms with E-state index >= 15 is 0 Å². The molecule has 0 aromatic carbocycles. The van der Waals surface area contributed by atoms with Crippen LogP contribution in [0.3, 0.4) is 0 Å². The van der Waals surface area contributed by atoms with Crippen LogP contribution in [0.1, 0.15) is 27.2 Å². The Balaban J connectivity index is 4.05. The minimum atomic E-state index is -1.57. The monoisotopic (exact) mass is 226 g/mol. The van der Waals surface area contributed by atoms with Gasteiger partial charge in [-0.2, -0.15) is 0 Å². The van der Waals surface area contributed by atoms with Crippen molar-refractivity contribution in [3.05, 3.63) is 25.3 Å². The van der Waals surface area contributed by atoms with Gasteiger partial charge in [0, 0.05) is 6.61 Å². The van der Waals surface area contributed by atoms with Gasteiger partial charge in [0.15, 0.2) is 8.32 Å². The molecule has 0 saturated carbocycles. The van der Waals surface area contributed by atoms with Gasteiger partial charge in [-0.3, -0.25) is 0 Å². The van der Waals surface area contributed by atoms with Gasteiger partial charge in [-0.1, -0.05) is 32.9 Å². The third kappa shape index (κ3) is 4.80. The Morgan fingerprint density at radius 3 is 2.00 bits per heavy atom. The van der Waals surface area contributed by atoms with Crippen LogP contribution in [0.25, 0.3) is 0 Å². The van der Waals surface area contributed by atoms with Crippen LogP contribution >= 0.6 is 0 Å². The second kappa shape index (κ2) is 5.66. The van der Waals surface area contributed by atoms with Crippen LogP contribution in [0.5, 0.6) is 0 Å². The summed E-state index contributed by atoms with van der Waals surface area (Å²) in [6.07, 6.45) is 4.86. The molecule has 0 amide bonds. The van der Waals surface area contributed by atoms with Crippen LogP contribution in [-0.4, -0.2) is 14.9 Å². The lowest BCUT2D eigenvalue weighted by molar-refractivity contribution is 0.274. The van der Waals surface area contributed by atoms with Gasteiger partial charge >= 0.3 is 0 Å². The van der Waals surface area contributed by atoms with E-state index in [1.54, 1.807) is 0 Å². The van der Waals surface area contributed by atoms with E-state index in [0.29, 0.717) is 11.0 Å². The first-order valence-electron chi connectivity index (χ1n) is 5.63. The Bertz CT molecular complexity index is 205. The smallest absolute Gasteiger partial charge is 0.191 e. The van der Waals surface area contributed by atoms with Crippen molar-refractivity contribution < 1.29 is 4.43 Å². The maximum absolute atomic E-state index is 6.07. The van der Waals surface area contributed by atoms with E-state index in [1.165, 1.54) is 0 Å². The maximum atomic E-state index is 6.07. The second-order valence-electron chi connectivity index (χ2n) is 5.53. The molecule has 0 fully saturated rings. The molecule has 0 unspecified atom stereocenters. The second-order valence-corrected chi connectivity index (χ2v) is 10.3. The summed E-state index contributed by atoms with van der Waals surface area (Å²) in [5.41, 5.74) is 0. The highest BCUT2D eigenvalue weighted by Gasteiger charge is 2.36. The fraction of sp³-hybridized carbons (Fsp3) is 0.692. The molecule has 0 aromatic heterocycles. The zero-order valence-electron chi connectivity index (χ0n) is 11.0. The predicted molar refractivity (Wildman–Crippen MR) is 71.7 cm³/mol. The summed E-state index contributed by atoms with van der Waals surface area (Å²) in [4.78, 5) is 0. The van der Waals surface area contributed by atoms with Crippen molar-refractivity contribution >= 4 is 8.32 Å². The van der Waals surface area contributed by atoms with E-state index in [2.05, 4.69) is 47.0 Å². The van der Waals surface area contributed by atoms with Crippen molar-refractivity contribution in [2.45, 2.75) is 45.3 Å². The summed E-state index contributed by atoms with van der Waals surface area (Å²) in [5, 5.41) is 0.296. The van der Waals surface area contributed by atoms with Crippen molar-refractivity contribution in [1.82, 2.24) is 0 Å². The van der Waals surface area contributed by atoms with Gasteiger partial charge in [0.1, 0.15) is 0 Å². The lowest BCUT2D eigenvalue weighted by Gasteiger charge is -2.36. The molecule has 88 valence electrons. The summed E-state index contributed by atoms with van der Waals surface area (Å²) >= 11 is 0. The van der Waals surface area contributed by atoms with Gasteiger partial charge < -0.3 is 4.43 Å². The van der Waals surface area contributed by atoms with Gasteiger partial charge in [-0.25, -0.2) is 0 Å². The lowest BCUT2D eigenvalue weighted by atomic mass is 10.1. The number of hydrogen-bond acceptors (Lipinski definition) is 1. The van der Waals surface area contributed by atoms with Crippen molar-refractivity contribution in [3.8, 4) is 0 Å². The molecule has 0 radical (unpaired) electrons. The van der Waals surface area contributed by atoms with Crippen molar-refractivity contribution in [3.63, 3.8) is 0 Å². The fourth-order valence-corrected chi connectivity index (χ4v) is 2.06. The van der Waals surface area contributed by atoms with Crippen LogP contribution in [0.2, 0.25) is 18.1 Å². The molecule has 2 heteroatoms. The molecule has 0 aliphatic carbocycles. The highest BCUT2D eigenvalue weighted by molar-refractivity contribution is 6.74. The topological polar surface area (TPSA) is 9.23 Å². The molecule has 0 aliphatic heterocycles. The molecule has 15 heavy (non-hydrogen) atoms. The highest BCUT2D eigenvalue weighted by atomic mass is 28.4. The van der Waals surface area contributed by atoms with Gasteiger partial charge in [-0.15, -0.1) is 13.2 Å². The van der Waals surface area contributed by atoms with Gasteiger partial charge in [0.25, 0.3) is 0 Å². The van der Waals surface area contributed by atoms with E-state index in [0.717, 1.165) is 13.0 Å². The van der Waals surface area contributed by atoms with E-state index in [1.807, 2.05) is 12.2 Å². The van der Waals surface area contributed by atoms with Gasteiger partial charge in [-0.05, 0) is 30.5 Å². The Hall–Kier alpha value is -0.343. The van der Waals surface area contributed by atoms with Crippen LogP contribution in [-0.2, 0) is 4.43 Å². The molecule has 0 saturated heterocycles. The van der Waals surface area contributed by atoms with Gasteiger partial charge in [0.2, 0.25) is 0 Å². The SMILES string of the molecule is C=CC(C=C)CCO[Si](C)(C)C(C)(C)C. The van der Waals surface area contributed by atoms with Gasteiger partial charge in [0.05, 0.1) is 0 Å². The molecule has 0 aliphatic rings. The summed E-state index contributed by atoms with van der Waals surface area (Å²) < 4.78 is 6.07. The molecular weight excluding hydrogens is 200 g/mol. The lowest BCUT2D eigenvalue weighted by Crippen LogP contribution is -2.41. The summed E-state index contributed by atoms with van der Waals surface area (Å²) in [6.45, 7) is 19.7. The third-order valence-electron chi connectivity index (χ3n) is 3.33. The minimum absolute atomic E-state index is 0.296. The normalized spacial score (nSPS) is 12.9. The Kier molecular flexibility index (Phi) is 5.53. The van der Waals surface area contributed by atoms with Crippen molar-refractivity contribution in [1.29, 1.82) is 0 Å². The van der Waals surface area contributed by atoms with Crippen LogP contribution in [0.15, 0.2) is 25.3 Å². The van der Waals surface area contributed by atoms with Crippen molar-refractivity contribution in [2.24, 2.45) is 5.92 Å². The van der Waals surface area contributed by atoms with Crippen molar-refractivity contribution in [2.75, 3.05) is 6.61 Å². The first-order valence-corrected chi connectivity index (χ1v) is 8.54. The Labute approximate surface area is 96.4 Å². The van der Waals surface area contributed by atoms with E-state index < -0.39 is 8.32 Å². The summed E-state index contributed by atoms with van der Waals surface area (Å²) in [6, 6.07) is 0. The Morgan fingerprint density at radius 2 is 1.67 bits per heavy atom. The van der Waals surface area contributed by atoms with E-state index in [9.17, 15) is 0 Å². The minimum Gasteiger partial charge on any atom is -0.417 e. The zero-order chi connectivity index (χ0) is 12.1. The van der Waals surface area contributed by atoms with Crippen LogP contribution < -0.4 is 0 Å². The van der Waals surface area contributed by atoms with E-state index in [-0.39, 0.29) is 0 Å².